The van der Waals surface area contributed by atoms with Crippen LogP contribution in [0, 0.1) is 20.8 Å². The van der Waals surface area contributed by atoms with Gasteiger partial charge in [-0.05, 0) is 44.0 Å². The summed E-state index contributed by atoms with van der Waals surface area (Å²) in [6.45, 7) is 6.14. The van der Waals surface area contributed by atoms with E-state index in [1.165, 1.54) is 12.7 Å². The van der Waals surface area contributed by atoms with Gasteiger partial charge in [-0.1, -0.05) is 29.8 Å². The molecule has 5 heteroatoms. The number of amides is 1. The summed E-state index contributed by atoms with van der Waals surface area (Å²) < 4.78 is 10.4. The zero-order valence-electron chi connectivity index (χ0n) is 13.8. The molecule has 1 N–H and O–H groups in total. The Morgan fingerprint density at radius 3 is 2.52 bits per heavy atom. The Morgan fingerprint density at radius 1 is 1.13 bits per heavy atom. The van der Waals surface area contributed by atoms with E-state index in [1.807, 2.05) is 45.0 Å². The topological polar surface area (TPSA) is 59.0 Å². The standard InChI is InChI=1S/C18H21NO4/c1-12-8-9-17(14(3)10-12)23-11-15-13(2)6-5-7-16(15)19(21)18(20)22-4/h5-10,21H,11H2,1-4H3. The Bertz CT molecular complexity index is 712. The van der Waals surface area contributed by atoms with Crippen LogP contribution < -0.4 is 9.80 Å². The van der Waals surface area contributed by atoms with E-state index in [2.05, 4.69) is 4.74 Å². The Labute approximate surface area is 136 Å². The van der Waals surface area contributed by atoms with Crippen molar-refractivity contribution in [3.05, 3.63) is 58.7 Å². The van der Waals surface area contributed by atoms with Crippen LogP contribution in [-0.2, 0) is 11.3 Å². The predicted molar refractivity (Wildman–Crippen MR) is 88.1 cm³/mol. The lowest BCUT2D eigenvalue weighted by atomic mass is 10.1. The van der Waals surface area contributed by atoms with E-state index in [4.69, 9.17) is 4.74 Å². The summed E-state index contributed by atoms with van der Waals surface area (Å²) in [6, 6.07) is 11.2. The number of hydrogen-bond donors (Lipinski definition) is 1. The third kappa shape index (κ3) is 3.81. The monoisotopic (exact) mass is 315 g/mol. The van der Waals surface area contributed by atoms with Gasteiger partial charge in [0.15, 0.2) is 0 Å². The molecule has 0 spiro atoms. The second-order valence-corrected chi connectivity index (χ2v) is 5.41. The first kappa shape index (κ1) is 16.8. The van der Waals surface area contributed by atoms with Crippen LogP contribution >= 0.6 is 0 Å². The van der Waals surface area contributed by atoms with Gasteiger partial charge in [0.25, 0.3) is 0 Å². The first-order chi connectivity index (χ1) is 10.9. The molecular formula is C18H21NO4. The number of hydroxylamine groups is 1. The number of methoxy groups -OCH3 is 1. The highest BCUT2D eigenvalue weighted by Crippen LogP contribution is 2.26. The molecule has 2 aromatic rings. The minimum atomic E-state index is -0.844. The maximum absolute atomic E-state index is 11.6. The van der Waals surface area contributed by atoms with E-state index in [1.54, 1.807) is 12.1 Å². The first-order valence-corrected chi connectivity index (χ1v) is 7.29. The van der Waals surface area contributed by atoms with Gasteiger partial charge < -0.3 is 9.47 Å². The molecule has 0 saturated heterocycles. The molecule has 0 aliphatic rings. The first-order valence-electron chi connectivity index (χ1n) is 7.29. The highest BCUT2D eigenvalue weighted by molar-refractivity contribution is 5.86. The van der Waals surface area contributed by atoms with Gasteiger partial charge in [0.05, 0.1) is 12.8 Å². The average molecular weight is 315 g/mol. The minimum Gasteiger partial charge on any atom is -0.489 e. The zero-order valence-corrected chi connectivity index (χ0v) is 13.8. The van der Waals surface area contributed by atoms with Gasteiger partial charge in [-0.3, -0.25) is 5.21 Å². The molecular weight excluding hydrogens is 294 g/mol. The summed E-state index contributed by atoms with van der Waals surface area (Å²) in [5.41, 5.74) is 4.19. The molecule has 122 valence electrons. The van der Waals surface area contributed by atoms with Gasteiger partial charge in [-0.25, -0.2) is 4.79 Å². The van der Waals surface area contributed by atoms with Crippen molar-refractivity contribution in [1.29, 1.82) is 0 Å². The number of ether oxygens (including phenoxy) is 2. The zero-order chi connectivity index (χ0) is 17.0. The number of hydrogen-bond acceptors (Lipinski definition) is 4. The third-order valence-corrected chi connectivity index (χ3v) is 3.66. The molecule has 0 atom stereocenters. The summed E-state index contributed by atoms with van der Waals surface area (Å²) in [7, 11) is 1.22. The maximum Gasteiger partial charge on any atom is 0.438 e. The second kappa shape index (κ2) is 7.15. The van der Waals surface area contributed by atoms with Crippen molar-refractivity contribution in [3.8, 4) is 5.75 Å². The van der Waals surface area contributed by atoms with Gasteiger partial charge in [0.1, 0.15) is 12.4 Å². The fourth-order valence-electron chi connectivity index (χ4n) is 2.37. The third-order valence-electron chi connectivity index (χ3n) is 3.66. The summed E-state index contributed by atoms with van der Waals surface area (Å²) in [6.07, 6.45) is -0.844. The molecule has 0 bridgehead atoms. The Hall–Kier alpha value is -2.53. The summed E-state index contributed by atoms with van der Waals surface area (Å²) in [5, 5.41) is 10.5. The minimum absolute atomic E-state index is 0.236. The maximum atomic E-state index is 11.6. The molecule has 0 aliphatic heterocycles. The summed E-state index contributed by atoms with van der Waals surface area (Å²) >= 11 is 0. The highest BCUT2D eigenvalue weighted by atomic mass is 16.6. The van der Waals surface area contributed by atoms with Gasteiger partial charge in [-0.2, -0.15) is 5.06 Å². The lowest BCUT2D eigenvalue weighted by molar-refractivity contribution is 0.140. The fraction of sp³-hybridized carbons (Fsp3) is 0.278. The van der Waals surface area contributed by atoms with Crippen molar-refractivity contribution in [2.75, 3.05) is 12.2 Å². The predicted octanol–water partition coefficient (Wildman–Crippen LogP) is 4.15. The largest absolute Gasteiger partial charge is 0.489 e. The molecule has 5 nitrogen and oxygen atoms in total. The molecule has 0 saturated carbocycles. The number of carbonyl (C=O) groups excluding carboxylic acids is 1. The van der Waals surface area contributed by atoms with Crippen LogP contribution in [0.25, 0.3) is 0 Å². The van der Waals surface area contributed by atoms with Crippen molar-refractivity contribution < 1.29 is 19.5 Å². The van der Waals surface area contributed by atoms with Crippen LogP contribution in [0.1, 0.15) is 22.3 Å². The van der Waals surface area contributed by atoms with Crippen LogP contribution in [0.2, 0.25) is 0 Å². The van der Waals surface area contributed by atoms with E-state index < -0.39 is 6.09 Å². The smallest absolute Gasteiger partial charge is 0.438 e. The Balaban J connectivity index is 2.27. The van der Waals surface area contributed by atoms with Crippen LogP contribution in [-0.4, -0.2) is 18.4 Å². The average Bonchev–Trinajstić information content (AvgIpc) is 2.53. The lowest BCUT2D eigenvalue weighted by Gasteiger charge is -2.19. The van der Waals surface area contributed by atoms with E-state index in [-0.39, 0.29) is 6.61 Å². The second-order valence-electron chi connectivity index (χ2n) is 5.41. The van der Waals surface area contributed by atoms with E-state index in [0.717, 1.165) is 22.4 Å². The fourth-order valence-corrected chi connectivity index (χ4v) is 2.37. The Kier molecular flexibility index (Phi) is 5.24. The highest BCUT2D eigenvalue weighted by Gasteiger charge is 2.18. The van der Waals surface area contributed by atoms with E-state index >= 15 is 0 Å². The van der Waals surface area contributed by atoms with Crippen LogP contribution in [0.3, 0.4) is 0 Å². The lowest BCUT2D eigenvalue weighted by Crippen LogP contribution is -2.28. The van der Waals surface area contributed by atoms with Gasteiger partial charge in [0.2, 0.25) is 0 Å². The number of carbonyl (C=O) groups is 1. The molecule has 0 aliphatic carbocycles. The molecule has 2 aromatic carbocycles. The number of benzene rings is 2. The molecule has 0 unspecified atom stereocenters. The van der Waals surface area contributed by atoms with Gasteiger partial charge >= 0.3 is 6.09 Å². The molecule has 0 radical (unpaired) electrons. The van der Waals surface area contributed by atoms with Crippen LogP contribution in [0.15, 0.2) is 36.4 Å². The molecule has 23 heavy (non-hydrogen) atoms. The normalized spacial score (nSPS) is 10.3. The summed E-state index contributed by atoms with van der Waals surface area (Å²) in [5.74, 6) is 0.771. The number of nitrogens with zero attached hydrogens (tertiary/aromatic N) is 1. The summed E-state index contributed by atoms with van der Waals surface area (Å²) in [4.78, 5) is 11.6. The molecule has 2 rings (SSSR count). The van der Waals surface area contributed by atoms with Crippen LogP contribution in [0.5, 0.6) is 5.75 Å². The quantitative estimate of drug-likeness (QED) is 0.680. The molecule has 0 heterocycles. The number of rotatable bonds is 4. The van der Waals surface area contributed by atoms with Crippen molar-refractivity contribution in [1.82, 2.24) is 0 Å². The molecule has 0 fully saturated rings. The van der Waals surface area contributed by atoms with E-state index in [0.29, 0.717) is 10.8 Å². The Morgan fingerprint density at radius 2 is 1.87 bits per heavy atom. The number of anilines is 1. The van der Waals surface area contributed by atoms with E-state index in [9.17, 15) is 10.0 Å². The van der Waals surface area contributed by atoms with Crippen molar-refractivity contribution in [2.24, 2.45) is 0 Å². The molecule has 1 amide bonds. The van der Waals surface area contributed by atoms with Gasteiger partial charge in [-0.15, -0.1) is 0 Å². The molecule has 0 aromatic heterocycles. The number of aryl methyl sites for hydroxylation is 3. The van der Waals surface area contributed by atoms with Crippen molar-refractivity contribution in [2.45, 2.75) is 27.4 Å². The SMILES string of the molecule is COC(=O)N(O)c1cccc(C)c1COc1ccc(C)cc1C. The van der Waals surface area contributed by atoms with Gasteiger partial charge in [0, 0.05) is 5.56 Å². The van der Waals surface area contributed by atoms with Crippen molar-refractivity contribution >= 4 is 11.8 Å². The van der Waals surface area contributed by atoms with Crippen LogP contribution in [0.4, 0.5) is 10.5 Å². The van der Waals surface area contributed by atoms with Crippen molar-refractivity contribution in [3.63, 3.8) is 0 Å².